The van der Waals surface area contributed by atoms with E-state index in [0.29, 0.717) is 41.3 Å². The van der Waals surface area contributed by atoms with E-state index in [4.69, 9.17) is 10.5 Å². The minimum absolute atomic E-state index is 0.230. The number of tetrazole rings is 1. The van der Waals surface area contributed by atoms with Gasteiger partial charge in [0.2, 0.25) is 12.2 Å². The average molecular weight is 442 g/mol. The zero-order valence-corrected chi connectivity index (χ0v) is 18.3. The molecular weight excluding hydrogens is 415 g/mol. The molecule has 0 aliphatic heterocycles. The number of ether oxygens (including phenoxy) is 1. The molecule has 32 heavy (non-hydrogen) atoms. The molecule has 1 amide bonds. The Morgan fingerprint density at radius 3 is 2.69 bits per heavy atom. The predicted octanol–water partition coefficient (Wildman–Crippen LogP) is 1.04. The molecule has 1 unspecified atom stereocenters. The van der Waals surface area contributed by atoms with Gasteiger partial charge in [-0.2, -0.15) is 4.80 Å². The van der Waals surface area contributed by atoms with E-state index >= 15 is 0 Å². The van der Waals surface area contributed by atoms with Crippen molar-refractivity contribution in [2.45, 2.75) is 12.6 Å². The van der Waals surface area contributed by atoms with Gasteiger partial charge >= 0.3 is 0 Å². The molecule has 3 rings (SSSR count). The highest BCUT2D eigenvalue weighted by molar-refractivity contribution is 5.77. The summed E-state index contributed by atoms with van der Waals surface area (Å²) >= 11 is 0. The Labute approximate surface area is 185 Å². The first-order valence-electron chi connectivity index (χ1n) is 10.1. The average Bonchev–Trinajstić information content (AvgIpc) is 3.28. The Kier molecular flexibility index (Phi) is 7.92. The van der Waals surface area contributed by atoms with Gasteiger partial charge in [-0.3, -0.25) is 9.78 Å². The minimum atomic E-state index is -0.474. The monoisotopic (exact) mass is 442 g/mol. The van der Waals surface area contributed by atoms with Crippen molar-refractivity contribution in [1.82, 2.24) is 30.1 Å². The number of amides is 1. The number of carbonyl (C=O) groups excluding carboxylic acids is 1. The summed E-state index contributed by atoms with van der Waals surface area (Å²) in [5, 5.41) is 12.4. The van der Waals surface area contributed by atoms with Gasteiger partial charge in [0.1, 0.15) is 11.5 Å². The summed E-state index contributed by atoms with van der Waals surface area (Å²) in [6.45, 7) is 1.88. The number of benzene rings is 1. The molecule has 0 aliphatic rings. The van der Waals surface area contributed by atoms with Crippen molar-refractivity contribution in [2.75, 3.05) is 45.7 Å². The van der Waals surface area contributed by atoms with Gasteiger partial charge in [0.15, 0.2) is 0 Å². The van der Waals surface area contributed by atoms with E-state index in [1.54, 1.807) is 30.5 Å². The standard InChI is InChI=1S/C21H27FN8O2/c1-28(2)8-9-30-26-21(25-27-30)20-7-4-15(12-24-20)18-6-5-16(10-19(18)22)29(14-31)13-17(11-23)32-3/h4-7,10,12,14,17H,8-9,11,13,23H2,1-3H3. The van der Waals surface area contributed by atoms with Crippen molar-refractivity contribution >= 4 is 12.1 Å². The van der Waals surface area contributed by atoms with Crippen LogP contribution in [0.3, 0.4) is 0 Å². The van der Waals surface area contributed by atoms with Crippen LogP contribution in [0.2, 0.25) is 0 Å². The lowest BCUT2D eigenvalue weighted by Gasteiger charge is -2.23. The highest BCUT2D eigenvalue weighted by Crippen LogP contribution is 2.27. The quantitative estimate of drug-likeness (QED) is 0.438. The second-order valence-corrected chi connectivity index (χ2v) is 7.46. The first-order valence-corrected chi connectivity index (χ1v) is 10.1. The van der Waals surface area contributed by atoms with E-state index in [-0.39, 0.29) is 19.2 Å². The number of hydrogen-bond acceptors (Lipinski definition) is 8. The predicted molar refractivity (Wildman–Crippen MR) is 118 cm³/mol. The van der Waals surface area contributed by atoms with E-state index in [1.807, 2.05) is 19.0 Å². The maximum atomic E-state index is 14.8. The molecule has 0 radical (unpaired) electrons. The van der Waals surface area contributed by atoms with E-state index in [0.717, 1.165) is 6.54 Å². The number of pyridine rings is 1. The van der Waals surface area contributed by atoms with Crippen molar-refractivity contribution in [3.05, 3.63) is 42.3 Å². The maximum absolute atomic E-state index is 14.8. The van der Waals surface area contributed by atoms with Crippen LogP contribution < -0.4 is 10.6 Å². The van der Waals surface area contributed by atoms with Crippen LogP contribution >= 0.6 is 0 Å². The van der Waals surface area contributed by atoms with Crippen LogP contribution in [0.25, 0.3) is 22.6 Å². The van der Waals surface area contributed by atoms with Crippen molar-refractivity contribution in [3.8, 4) is 22.6 Å². The number of nitrogens with two attached hydrogens (primary N) is 1. The molecule has 10 nitrogen and oxygen atoms in total. The molecule has 0 saturated heterocycles. The molecule has 11 heteroatoms. The SMILES string of the molecule is COC(CN)CN(C=O)c1ccc(-c2ccc(-c3nnn(CCN(C)C)n3)nc2)c(F)c1. The molecule has 0 saturated carbocycles. The topological polar surface area (TPSA) is 115 Å². The largest absolute Gasteiger partial charge is 0.378 e. The van der Waals surface area contributed by atoms with Gasteiger partial charge in [-0.15, -0.1) is 10.2 Å². The van der Waals surface area contributed by atoms with Crippen LogP contribution in [-0.4, -0.2) is 83.4 Å². The highest BCUT2D eigenvalue weighted by atomic mass is 19.1. The van der Waals surface area contributed by atoms with Crippen molar-refractivity contribution in [3.63, 3.8) is 0 Å². The first kappa shape index (κ1) is 23.4. The molecular formula is C21H27FN8O2. The normalized spacial score (nSPS) is 12.2. The van der Waals surface area contributed by atoms with Crippen LogP contribution in [0.1, 0.15) is 0 Å². The fourth-order valence-corrected chi connectivity index (χ4v) is 3.01. The Bertz CT molecular complexity index is 1020. The molecule has 2 heterocycles. The van der Waals surface area contributed by atoms with Crippen molar-refractivity contribution in [2.24, 2.45) is 5.73 Å². The Morgan fingerprint density at radius 1 is 1.28 bits per heavy atom. The summed E-state index contributed by atoms with van der Waals surface area (Å²) in [4.78, 5) is 20.7. The van der Waals surface area contributed by atoms with Crippen LogP contribution in [-0.2, 0) is 16.1 Å². The fraction of sp³-hybridized carbons (Fsp3) is 0.381. The zero-order chi connectivity index (χ0) is 23.1. The lowest BCUT2D eigenvalue weighted by Crippen LogP contribution is -2.37. The Morgan fingerprint density at radius 2 is 2.09 bits per heavy atom. The van der Waals surface area contributed by atoms with E-state index < -0.39 is 5.82 Å². The van der Waals surface area contributed by atoms with E-state index in [2.05, 4.69) is 20.4 Å². The smallest absolute Gasteiger partial charge is 0.223 e. The molecule has 170 valence electrons. The van der Waals surface area contributed by atoms with Gasteiger partial charge in [-0.1, -0.05) is 6.07 Å². The number of aromatic nitrogens is 5. The third kappa shape index (κ3) is 5.69. The summed E-state index contributed by atoms with van der Waals surface area (Å²) in [5.41, 5.74) is 7.53. The van der Waals surface area contributed by atoms with Crippen molar-refractivity contribution in [1.29, 1.82) is 0 Å². The molecule has 1 aromatic carbocycles. The van der Waals surface area contributed by atoms with Crippen LogP contribution in [0.15, 0.2) is 36.5 Å². The van der Waals surface area contributed by atoms with Gasteiger partial charge in [0, 0.05) is 43.2 Å². The maximum Gasteiger partial charge on any atom is 0.223 e. The first-order chi connectivity index (χ1) is 15.4. The number of methoxy groups -OCH3 is 1. The molecule has 2 N–H and O–H groups in total. The molecule has 0 fully saturated rings. The molecule has 2 aromatic heterocycles. The summed E-state index contributed by atoms with van der Waals surface area (Å²) in [5.74, 6) is -0.0706. The minimum Gasteiger partial charge on any atom is -0.378 e. The lowest BCUT2D eigenvalue weighted by molar-refractivity contribution is -0.107. The van der Waals surface area contributed by atoms with E-state index in [1.165, 1.54) is 22.9 Å². The number of nitrogens with zero attached hydrogens (tertiary/aromatic N) is 7. The fourth-order valence-electron chi connectivity index (χ4n) is 3.01. The lowest BCUT2D eigenvalue weighted by atomic mass is 10.1. The molecule has 0 spiro atoms. The number of anilines is 1. The number of halogens is 1. The Balaban J connectivity index is 1.75. The van der Waals surface area contributed by atoms with Gasteiger partial charge in [0.05, 0.1) is 19.2 Å². The van der Waals surface area contributed by atoms with Gasteiger partial charge in [-0.05, 0) is 43.6 Å². The van der Waals surface area contributed by atoms with E-state index in [9.17, 15) is 9.18 Å². The third-order valence-corrected chi connectivity index (χ3v) is 4.91. The van der Waals surface area contributed by atoms with Crippen LogP contribution in [0, 0.1) is 5.82 Å². The second-order valence-electron chi connectivity index (χ2n) is 7.46. The number of carbonyl (C=O) groups is 1. The van der Waals surface area contributed by atoms with Gasteiger partial charge in [-0.25, -0.2) is 4.39 Å². The summed E-state index contributed by atoms with van der Waals surface area (Å²) in [7, 11) is 5.45. The number of likely N-dealkylation sites (N-methyl/N-ethyl adjacent to an activating group) is 1. The molecule has 0 bridgehead atoms. The molecule has 0 aliphatic carbocycles. The van der Waals surface area contributed by atoms with Gasteiger partial charge in [0.25, 0.3) is 0 Å². The zero-order valence-electron chi connectivity index (χ0n) is 18.3. The number of hydrogen-bond donors (Lipinski definition) is 1. The molecule has 3 aromatic rings. The summed E-state index contributed by atoms with van der Waals surface area (Å²) in [6, 6.07) is 8.05. The summed E-state index contributed by atoms with van der Waals surface area (Å²) < 4.78 is 20.0. The van der Waals surface area contributed by atoms with Crippen LogP contribution in [0.4, 0.5) is 10.1 Å². The number of rotatable bonds is 11. The highest BCUT2D eigenvalue weighted by Gasteiger charge is 2.16. The second kappa shape index (κ2) is 10.8. The Hall–Kier alpha value is -3.28. The van der Waals surface area contributed by atoms with Crippen LogP contribution in [0.5, 0.6) is 0 Å². The molecule has 1 atom stereocenters. The summed E-state index contributed by atoms with van der Waals surface area (Å²) in [6.07, 6.45) is 1.85. The van der Waals surface area contributed by atoms with Gasteiger partial charge < -0.3 is 20.3 Å². The van der Waals surface area contributed by atoms with Crippen molar-refractivity contribution < 1.29 is 13.9 Å². The third-order valence-electron chi connectivity index (χ3n) is 4.91.